The minimum absolute atomic E-state index is 0.197. The molecule has 0 saturated heterocycles. The molecule has 5 nitrogen and oxygen atoms in total. The molecule has 1 atom stereocenters. The van der Waals surface area contributed by atoms with Gasteiger partial charge < -0.3 is 10.4 Å². The maximum absolute atomic E-state index is 11.5. The van der Waals surface area contributed by atoms with E-state index in [0.29, 0.717) is 12.2 Å². The minimum atomic E-state index is -0.947. The van der Waals surface area contributed by atoms with Gasteiger partial charge in [-0.15, -0.1) is 0 Å². The van der Waals surface area contributed by atoms with Crippen LogP contribution in [0.2, 0.25) is 0 Å². The number of carboxylic acid groups (broad SMARTS) is 1. The Morgan fingerprint density at radius 1 is 1.24 bits per heavy atom. The highest BCUT2D eigenvalue weighted by atomic mass is 16.4. The lowest BCUT2D eigenvalue weighted by atomic mass is 9.95. The van der Waals surface area contributed by atoms with Crippen LogP contribution in [-0.4, -0.2) is 34.0 Å². The Bertz CT molecular complexity index is 1050. The molecule has 0 fully saturated rings. The fourth-order valence-electron chi connectivity index (χ4n) is 4.16. The molecule has 0 aliphatic carbocycles. The van der Waals surface area contributed by atoms with Crippen molar-refractivity contribution < 1.29 is 9.90 Å². The molecule has 4 rings (SSSR count). The van der Waals surface area contributed by atoms with Crippen molar-refractivity contribution in [3.8, 4) is 11.1 Å². The van der Waals surface area contributed by atoms with Crippen LogP contribution in [0.15, 0.2) is 60.9 Å². The van der Waals surface area contributed by atoms with Crippen LogP contribution >= 0.6 is 0 Å². The van der Waals surface area contributed by atoms with E-state index in [1.165, 1.54) is 40.1 Å². The number of aromatic nitrogens is 1. The molecule has 5 heteroatoms. The Morgan fingerprint density at radius 3 is 2.83 bits per heavy atom. The van der Waals surface area contributed by atoms with Gasteiger partial charge in [0.05, 0.1) is 23.5 Å². The van der Waals surface area contributed by atoms with Gasteiger partial charge in [0.15, 0.2) is 0 Å². The third kappa shape index (κ3) is 3.74. The Balaban J connectivity index is 1.60. The Kier molecular flexibility index (Phi) is 5.32. The highest BCUT2D eigenvalue weighted by molar-refractivity contribution is 5.93. The number of likely N-dealkylation sites (N-methyl/N-ethyl adjacent to an activating group) is 1. The van der Waals surface area contributed by atoms with Crippen LogP contribution in [0.25, 0.3) is 11.1 Å². The van der Waals surface area contributed by atoms with Crippen molar-refractivity contribution in [2.24, 2.45) is 0 Å². The van der Waals surface area contributed by atoms with Gasteiger partial charge >= 0.3 is 5.97 Å². The molecular formula is C24H25N3O2. The van der Waals surface area contributed by atoms with Gasteiger partial charge in [0.25, 0.3) is 0 Å². The van der Waals surface area contributed by atoms with E-state index in [0.717, 1.165) is 13.1 Å². The number of fused-ring (bicyclic) bond motifs is 1. The van der Waals surface area contributed by atoms with Crippen molar-refractivity contribution in [1.29, 1.82) is 0 Å². The number of rotatable bonds is 6. The van der Waals surface area contributed by atoms with Crippen molar-refractivity contribution in [3.63, 3.8) is 0 Å². The predicted octanol–water partition coefficient (Wildman–Crippen LogP) is 4.74. The third-order valence-electron chi connectivity index (χ3n) is 5.72. The Hall–Kier alpha value is -3.18. The lowest BCUT2D eigenvalue weighted by molar-refractivity contribution is 0.0697. The van der Waals surface area contributed by atoms with Crippen LogP contribution < -0.4 is 5.32 Å². The number of nitrogens with one attached hydrogen (secondary N) is 1. The van der Waals surface area contributed by atoms with Crippen LogP contribution in [0.3, 0.4) is 0 Å². The molecule has 29 heavy (non-hydrogen) atoms. The van der Waals surface area contributed by atoms with E-state index in [4.69, 9.17) is 0 Å². The van der Waals surface area contributed by atoms with Gasteiger partial charge in [-0.2, -0.15) is 0 Å². The van der Waals surface area contributed by atoms with Gasteiger partial charge in [-0.05, 0) is 53.4 Å². The summed E-state index contributed by atoms with van der Waals surface area (Å²) in [7, 11) is 0. The standard InChI is InChI=1S/C24H25N3O2/c1-3-27-15-18-12-17(19-7-5-4-6-16(19)2)8-9-20(18)23(27)14-26-22-13-25-11-10-21(22)24(28)29/h4-13,23,26H,3,14-15H2,1-2H3,(H,28,29). The van der Waals surface area contributed by atoms with Gasteiger partial charge in [0.1, 0.15) is 0 Å². The summed E-state index contributed by atoms with van der Waals surface area (Å²) in [5.41, 5.74) is 7.22. The normalized spacial score (nSPS) is 15.9. The number of anilines is 1. The van der Waals surface area contributed by atoms with E-state index in [1.807, 2.05) is 0 Å². The molecule has 1 aliphatic heterocycles. The van der Waals surface area contributed by atoms with E-state index in [1.54, 1.807) is 6.20 Å². The van der Waals surface area contributed by atoms with Crippen LogP contribution in [0.5, 0.6) is 0 Å². The molecule has 0 saturated carbocycles. The molecule has 2 aromatic carbocycles. The largest absolute Gasteiger partial charge is 0.478 e. The molecule has 0 bridgehead atoms. The average Bonchev–Trinajstić information content (AvgIpc) is 3.09. The number of hydrogen-bond acceptors (Lipinski definition) is 4. The molecule has 1 aromatic heterocycles. The average molecular weight is 387 g/mol. The second kappa shape index (κ2) is 8.05. The fraction of sp³-hybridized carbons (Fsp3) is 0.250. The van der Waals surface area contributed by atoms with Crippen LogP contribution in [0.4, 0.5) is 5.69 Å². The topological polar surface area (TPSA) is 65.5 Å². The third-order valence-corrected chi connectivity index (χ3v) is 5.72. The maximum Gasteiger partial charge on any atom is 0.337 e. The summed E-state index contributed by atoms with van der Waals surface area (Å²) < 4.78 is 0. The first-order chi connectivity index (χ1) is 14.1. The van der Waals surface area contributed by atoms with E-state index in [2.05, 4.69) is 71.5 Å². The Labute approximate surface area is 171 Å². The lowest BCUT2D eigenvalue weighted by Gasteiger charge is -2.24. The zero-order valence-corrected chi connectivity index (χ0v) is 16.7. The number of aryl methyl sites for hydroxylation is 1. The van der Waals surface area contributed by atoms with Crippen molar-refractivity contribution in [2.45, 2.75) is 26.4 Å². The van der Waals surface area contributed by atoms with E-state index >= 15 is 0 Å². The first-order valence-corrected chi connectivity index (χ1v) is 9.92. The first-order valence-electron chi connectivity index (χ1n) is 9.92. The second-order valence-corrected chi connectivity index (χ2v) is 7.41. The zero-order valence-electron chi connectivity index (χ0n) is 16.7. The summed E-state index contributed by atoms with van der Waals surface area (Å²) in [6.07, 6.45) is 3.09. The highest BCUT2D eigenvalue weighted by Gasteiger charge is 2.29. The smallest absolute Gasteiger partial charge is 0.337 e. The zero-order chi connectivity index (χ0) is 20.4. The highest BCUT2D eigenvalue weighted by Crippen LogP contribution is 2.36. The molecule has 3 aromatic rings. The summed E-state index contributed by atoms with van der Waals surface area (Å²) in [4.78, 5) is 17.9. The van der Waals surface area contributed by atoms with Crippen molar-refractivity contribution in [3.05, 3.63) is 83.2 Å². The number of pyridine rings is 1. The lowest BCUT2D eigenvalue weighted by Crippen LogP contribution is -2.27. The first kappa shape index (κ1) is 19.2. The van der Waals surface area contributed by atoms with E-state index in [-0.39, 0.29) is 11.6 Å². The van der Waals surface area contributed by atoms with Gasteiger partial charge in [0, 0.05) is 19.3 Å². The SMILES string of the molecule is CCN1Cc2cc(-c3ccccc3C)ccc2C1CNc1cnccc1C(=O)O. The van der Waals surface area contributed by atoms with Crippen molar-refractivity contribution in [1.82, 2.24) is 9.88 Å². The summed E-state index contributed by atoms with van der Waals surface area (Å²) >= 11 is 0. The molecule has 2 N–H and O–H groups in total. The summed E-state index contributed by atoms with van der Waals surface area (Å²) in [6, 6.07) is 16.9. The van der Waals surface area contributed by atoms with Crippen LogP contribution in [-0.2, 0) is 6.54 Å². The van der Waals surface area contributed by atoms with Crippen molar-refractivity contribution in [2.75, 3.05) is 18.4 Å². The van der Waals surface area contributed by atoms with Gasteiger partial charge in [0.2, 0.25) is 0 Å². The number of benzene rings is 2. The number of nitrogens with zero attached hydrogens (tertiary/aromatic N) is 2. The molecular weight excluding hydrogens is 362 g/mol. The maximum atomic E-state index is 11.5. The quantitative estimate of drug-likeness (QED) is 0.639. The van der Waals surface area contributed by atoms with E-state index in [9.17, 15) is 9.90 Å². The van der Waals surface area contributed by atoms with Gasteiger partial charge in [-0.25, -0.2) is 4.79 Å². The summed E-state index contributed by atoms with van der Waals surface area (Å²) in [5, 5.41) is 12.7. The predicted molar refractivity (Wildman–Crippen MR) is 115 cm³/mol. The van der Waals surface area contributed by atoms with E-state index < -0.39 is 5.97 Å². The van der Waals surface area contributed by atoms with Crippen molar-refractivity contribution >= 4 is 11.7 Å². The number of carboxylic acids is 1. The molecule has 1 unspecified atom stereocenters. The Morgan fingerprint density at radius 2 is 2.07 bits per heavy atom. The number of hydrogen-bond donors (Lipinski definition) is 2. The summed E-state index contributed by atoms with van der Waals surface area (Å²) in [5.74, 6) is -0.947. The molecule has 0 radical (unpaired) electrons. The van der Waals surface area contributed by atoms with Crippen LogP contribution in [0.1, 0.15) is 40.0 Å². The fourth-order valence-corrected chi connectivity index (χ4v) is 4.16. The monoisotopic (exact) mass is 387 g/mol. The molecule has 1 aliphatic rings. The molecule has 148 valence electrons. The second-order valence-electron chi connectivity index (χ2n) is 7.41. The number of carbonyl (C=O) groups is 1. The molecule has 2 heterocycles. The molecule has 0 spiro atoms. The van der Waals surface area contributed by atoms with Gasteiger partial charge in [-0.1, -0.05) is 43.3 Å². The molecule has 0 amide bonds. The summed E-state index contributed by atoms with van der Waals surface area (Å²) in [6.45, 7) is 6.77. The van der Waals surface area contributed by atoms with Crippen LogP contribution in [0, 0.1) is 6.92 Å². The minimum Gasteiger partial charge on any atom is -0.478 e. The number of aromatic carboxylic acids is 1. The van der Waals surface area contributed by atoms with Gasteiger partial charge in [-0.3, -0.25) is 9.88 Å².